The van der Waals surface area contributed by atoms with E-state index in [9.17, 15) is 14.7 Å². The zero-order valence-corrected chi connectivity index (χ0v) is 14.5. The number of hydrogen-bond acceptors (Lipinski definition) is 5. The third-order valence-electron chi connectivity index (χ3n) is 5.63. The molecule has 1 saturated heterocycles. The van der Waals surface area contributed by atoms with Gasteiger partial charge >= 0.3 is 5.97 Å². The number of ether oxygens (including phenoxy) is 3. The minimum atomic E-state index is -0.907. The summed E-state index contributed by atoms with van der Waals surface area (Å²) < 4.78 is 16.4. The molecular formula is C19H23NO6. The zero-order chi connectivity index (χ0) is 18.1. The predicted molar refractivity (Wildman–Crippen MR) is 91.4 cm³/mol. The molecule has 0 spiro atoms. The highest BCUT2D eigenvalue weighted by molar-refractivity contribution is 5.84. The Morgan fingerprint density at radius 2 is 1.85 bits per heavy atom. The fraction of sp³-hybridized carbons (Fsp3) is 0.579. The van der Waals surface area contributed by atoms with Crippen molar-refractivity contribution < 1.29 is 28.9 Å². The topological polar surface area (TPSA) is 94.1 Å². The summed E-state index contributed by atoms with van der Waals surface area (Å²) in [5, 5.41) is 12.4. The van der Waals surface area contributed by atoms with Crippen LogP contribution >= 0.6 is 0 Å². The number of amides is 1. The van der Waals surface area contributed by atoms with Crippen LogP contribution in [0.3, 0.4) is 0 Å². The SMILES string of the molecule is O=C(NCC1(C(=O)O)CCOCC1)C1CC1c1ccc2c(c1)OCCO2. The van der Waals surface area contributed by atoms with Crippen molar-refractivity contribution in [3.05, 3.63) is 23.8 Å². The van der Waals surface area contributed by atoms with E-state index in [0.717, 1.165) is 23.5 Å². The molecule has 3 aliphatic rings. The number of carbonyl (C=O) groups is 2. The maximum atomic E-state index is 12.5. The van der Waals surface area contributed by atoms with E-state index in [-0.39, 0.29) is 24.3 Å². The number of carbonyl (C=O) groups excluding carboxylic acids is 1. The van der Waals surface area contributed by atoms with Gasteiger partial charge in [-0.1, -0.05) is 6.07 Å². The average Bonchev–Trinajstić information content (AvgIpc) is 3.47. The molecule has 2 aliphatic heterocycles. The van der Waals surface area contributed by atoms with Gasteiger partial charge in [-0.25, -0.2) is 0 Å². The second-order valence-electron chi connectivity index (χ2n) is 7.27. The lowest BCUT2D eigenvalue weighted by atomic mass is 9.80. The van der Waals surface area contributed by atoms with E-state index in [4.69, 9.17) is 14.2 Å². The number of rotatable bonds is 5. The smallest absolute Gasteiger partial charge is 0.311 e. The Bertz CT molecular complexity index is 712. The first-order chi connectivity index (χ1) is 12.6. The number of hydrogen-bond donors (Lipinski definition) is 2. The Balaban J connectivity index is 1.36. The van der Waals surface area contributed by atoms with E-state index in [1.165, 1.54) is 0 Å². The van der Waals surface area contributed by atoms with Crippen molar-refractivity contribution in [1.29, 1.82) is 0 Å². The van der Waals surface area contributed by atoms with E-state index < -0.39 is 11.4 Å². The summed E-state index contributed by atoms with van der Waals surface area (Å²) in [7, 11) is 0. The van der Waals surface area contributed by atoms with Gasteiger partial charge in [0.05, 0.1) is 5.41 Å². The van der Waals surface area contributed by atoms with Crippen LogP contribution in [0.15, 0.2) is 18.2 Å². The van der Waals surface area contributed by atoms with Gasteiger partial charge in [0.25, 0.3) is 0 Å². The van der Waals surface area contributed by atoms with Gasteiger partial charge in [-0.05, 0) is 42.9 Å². The van der Waals surface area contributed by atoms with Gasteiger partial charge in [0, 0.05) is 25.7 Å². The van der Waals surface area contributed by atoms with Crippen LogP contribution in [0.2, 0.25) is 0 Å². The van der Waals surface area contributed by atoms with Crippen LogP contribution in [0.1, 0.15) is 30.7 Å². The van der Waals surface area contributed by atoms with Crippen molar-refractivity contribution in [3.8, 4) is 11.5 Å². The largest absolute Gasteiger partial charge is 0.486 e. The molecule has 2 heterocycles. The van der Waals surface area contributed by atoms with Gasteiger partial charge in [-0.15, -0.1) is 0 Å². The first-order valence-corrected chi connectivity index (χ1v) is 9.07. The molecule has 0 bridgehead atoms. The van der Waals surface area contributed by atoms with E-state index >= 15 is 0 Å². The maximum Gasteiger partial charge on any atom is 0.311 e. The molecule has 2 atom stereocenters. The number of benzene rings is 1. The van der Waals surface area contributed by atoms with Gasteiger partial charge in [0.1, 0.15) is 13.2 Å². The van der Waals surface area contributed by atoms with Crippen molar-refractivity contribution in [2.45, 2.75) is 25.2 Å². The zero-order valence-electron chi connectivity index (χ0n) is 14.5. The predicted octanol–water partition coefficient (Wildman–Crippen LogP) is 1.56. The van der Waals surface area contributed by atoms with Gasteiger partial charge in [-0.2, -0.15) is 0 Å². The highest BCUT2D eigenvalue weighted by Crippen LogP contribution is 2.49. The highest BCUT2D eigenvalue weighted by atomic mass is 16.6. The fourth-order valence-corrected chi connectivity index (χ4v) is 3.76. The molecule has 26 heavy (non-hydrogen) atoms. The van der Waals surface area contributed by atoms with E-state index in [2.05, 4.69) is 5.32 Å². The van der Waals surface area contributed by atoms with E-state index in [1.54, 1.807) is 0 Å². The molecule has 1 aromatic carbocycles. The van der Waals surface area contributed by atoms with Crippen molar-refractivity contribution in [2.24, 2.45) is 11.3 Å². The first-order valence-electron chi connectivity index (χ1n) is 9.07. The Hall–Kier alpha value is -2.28. The molecule has 1 aliphatic carbocycles. The number of aliphatic carboxylic acids is 1. The number of carboxylic acid groups (broad SMARTS) is 1. The Labute approximate surface area is 151 Å². The average molecular weight is 361 g/mol. The van der Waals surface area contributed by atoms with Crippen molar-refractivity contribution in [1.82, 2.24) is 5.32 Å². The van der Waals surface area contributed by atoms with Gasteiger partial charge in [0.2, 0.25) is 5.91 Å². The monoisotopic (exact) mass is 361 g/mol. The third kappa shape index (κ3) is 3.23. The fourth-order valence-electron chi connectivity index (χ4n) is 3.76. The molecule has 2 N–H and O–H groups in total. The second-order valence-corrected chi connectivity index (χ2v) is 7.27. The van der Waals surface area contributed by atoms with Gasteiger partial charge in [-0.3, -0.25) is 9.59 Å². The maximum absolute atomic E-state index is 12.5. The summed E-state index contributed by atoms with van der Waals surface area (Å²) in [6.07, 6.45) is 1.63. The standard InChI is InChI=1S/C19H23NO6/c21-17(20-11-19(18(22)23)3-5-24-6-4-19)14-10-13(14)12-1-2-15-16(9-12)26-8-7-25-15/h1-2,9,13-14H,3-8,10-11H2,(H,20,21)(H,22,23). The molecule has 0 aromatic heterocycles. The molecule has 7 nitrogen and oxygen atoms in total. The van der Waals surface area contributed by atoms with Crippen LogP contribution in [0.25, 0.3) is 0 Å². The number of nitrogens with one attached hydrogen (secondary N) is 1. The van der Waals surface area contributed by atoms with Crippen molar-refractivity contribution in [3.63, 3.8) is 0 Å². The van der Waals surface area contributed by atoms with E-state index in [0.29, 0.717) is 39.3 Å². The summed E-state index contributed by atoms with van der Waals surface area (Å²) >= 11 is 0. The third-order valence-corrected chi connectivity index (χ3v) is 5.63. The molecule has 1 amide bonds. The number of carboxylic acids is 1. The minimum absolute atomic E-state index is 0.0722. The summed E-state index contributed by atoms with van der Waals surface area (Å²) in [4.78, 5) is 24.2. The Morgan fingerprint density at radius 1 is 1.12 bits per heavy atom. The molecule has 7 heteroatoms. The van der Waals surface area contributed by atoms with Crippen LogP contribution in [0, 0.1) is 11.3 Å². The Kier molecular flexibility index (Phi) is 4.48. The minimum Gasteiger partial charge on any atom is -0.486 e. The Morgan fingerprint density at radius 3 is 2.58 bits per heavy atom. The lowest BCUT2D eigenvalue weighted by Crippen LogP contribution is -2.46. The van der Waals surface area contributed by atoms with Crippen molar-refractivity contribution >= 4 is 11.9 Å². The lowest BCUT2D eigenvalue weighted by Gasteiger charge is -2.33. The summed E-state index contributed by atoms with van der Waals surface area (Å²) in [5.74, 6) is 0.582. The van der Waals surface area contributed by atoms with Gasteiger partial charge in [0.15, 0.2) is 11.5 Å². The highest BCUT2D eigenvalue weighted by Gasteiger charge is 2.46. The second kappa shape index (κ2) is 6.79. The molecule has 2 fully saturated rings. The van der Waals surface area contributed by atoms with Crippen LogP contribution < -0.4 is 14.8 Å². The molecule has 140 valence electrons. The summed E-state index contributed by atoms with van der Waals surface area (Å²) in [6.45, 7) is 2.09. The van der Waals surface area contributed by atoms with Crippen molar-refractivity contribution in [2.75, 3.05) is 33.0 Å². The first kappa shape index (κ1) is 17.1. The van der Waals surface area contributed by atoms with Crippen LogP contribution in [-0.4, -0.2) is 50.0 Å². The molecule has 1 saturated carbocycles. The number of fused-ring (bicyclic) bond motifs is 1. The molecule has 4 rings (SSSR count). The van der Waals surface area contributed by atoms with E-state index in [1.807, 2.05) is 18.2 Å². The summed E-state index contributed by atoms with van der Waals surface area (Å²) in [6, 6.07) is 5.81. The molecule has 2 unspecified atom stereocenters. The quantitative estimate of drug-likeness (QED) is 0.827. The van der Waals surface area contributed by atoms with Crippen LogP contribution in [0.4, 0.5) is 0 Å². The molecular weight excluding hydrogens is 338 g/mol. The van der Waals surface area contributed by atoms with Gasteiger partial charge < -0.3 is 24.6 Å². The molecule has 1 aromatic rings. The normalized spacial score (nSPS) is 26.0. The lowest BCUT2D eigenvalue weighted by molar-refractivity contribution is -0.154. The van der Waals surface area contributed by atoms with Crippen LogP contribution in [0.5, 0.6) is 11.5 Å². The summed E-state index contributed by atoms with van der Waals surface area (Å²) in [5.41, 5.74) is 0.156. The van der Waals surface area contributed by atoms with Crippen LogP contribution in [-0.2, 0) is 14.3 Å². The molecule has 0 radical (unpaired) electrons.